The van der Waals surface area contributed by atoms with Crippen molar-refractivity contribution >= 4 is 6.03 Å². The summed E-state index contributed by atoms with van der Waals surface area (Å²) in [6, 6.07) is 4.13. The lowest BCUT2D eigenvalue weighted by atomic mass is 9.89. The van der Waals surface area contributed by atoms with Gasteiger partial charge in [-0.05, 0) is 37.5 Å². The molecular weight excluding hydrogens is 342 g/mol. The molecule has 2 aliphatic rings. The number of hydrogen-bond donors (Lipinski definition) is 0. The second-order valence-corrected chi connectivity index (χ2v) is 7.10. The number of urea groups is 1. The molecule has 2 saturated heterocycles. The molecule has 142 valence electrons. The summed E-state index contributed by atoms with van der Waals surface area (Å²) in [7, 11) is 0. The van der Waals surface area contributed by atoms with E-state index in [0.29, 0.717) is 32.2 Å². The summed E-state index contributed by atoms with van der Waals surface area (Å²) in [5.74, 6) is 1.12. The lowest BCUT2D eigenvalue weighted by molar-refractivity contribution is 0.0411. The molecule has 2 aromatic heterocycles. The standard InChI is InChI=1S/C20H25N5O2/c1-15-22-14-18(16-2-6-21-7-3-16)19(23-15)17-4-8-24(9-5-17)20(26)25-10-12-27-13-11-25/h2-3,6-7,14,17H,4-5,8-13H2,1H3. The Kier molecular flexibility index (Phi) is 5.29. The van der Waals surface area contributed by atoms with Gasteiger partial charge in [-0.15, -0.1) is 0 Å². The largest absolute Gasteiger partial charge is 0.378 e. The van der Waals surface area contributed by atoms with Crippen LogP contribution in [0, 0.1) is 6.92 Å². The summed E-state index contributed by atoms with van der Waals surface area (Å²) in [5.41, 5.74) is 3.25. The molecule has 2 fully saturated rings. The molecule has 27 heavy (non-hydrogen) atoms. The van der Waals surface area contributed by atoms with Gasteiger partial charge in [0.25, 0.3) is 0 Å². The fourth-order valence-electron chi connectivity index (χ4n) is 3.85. The maximum absolute atomic E-state index is 12.7. The van der Waals surface area contributed by atoms with E-state index in [4.69, 9.17) is 9.72 Å². The van der Waals surface area contributed by atoms with Crippen LogP contribution in [0.2, 0.25) is 0 Å². The van der Waals surface area contributed by atoms with Crippen molar-refractivity contribution in [1.82, 2.24) is 24.8 Å². The van der Waals surface area contributed by atoms with Crippen LogP contribution >= 0.6 is 0 Å². The van der Waals surface area contributed by atoms with Crippen LogP contribution in [0.1, 0.15) is 30.3 Å². The highest BCUT2D eigenvalue weighted by molar-refractivity contribution is 5.74. The SMILES string of the molecule is Cc1ncc(-c2ccncc2)c(C2CCN(C(=O)N3CCOCC3)CC2)n1. The quantitative estimate of drug-likeness (QED) is 0.815. The summed E-state index contributed by atoms with van der Waals surface area (Å²) in [6.45, 7) is 6.11. The van der Waals surface area contributed by atoms with Gasteiger partial charge < -0.3 is 14.5 Å². The van der Waals surface area contributed by atoms with Crippen molar-refractivity contribution < 1.29 is 9.53 Å². The number of aromatic nitrogens is 3. The van der Waals surface area contributed by atoms with Crippen molar-refractivity contribution in [2.75, 3.05) is 39.4 Å². The first-order chi connectivity index (χ1) is 13.2. The van der Waals surface area contributed by atoms with Crippen LogP contribution in [0.4, 0.5) is 4.79 Å². The van der Waals surface area contributed by atoms with Gasteiger partial charge in [0.05, 0.1) is 18.9 Å². The Morgan fingerprint density at radius 3 is 2.44 bits per heavy atom. The molecule has 2 aromatic rings. The van der Waals surface area contributed by atoms with Crippen LogP contribution in [-0.4, -0.2) is 70.2 Å². The molecule has 7 nitrogen and oxygen atoms in total. The van der Waals surface area contributed by atoms with Crippen LogP contribution in [0.3, 0.4) is 0 Å². The molecule has 7 heteroatoms. The zero-order valence-electron chi connectivity index (χ0n) is 15.7. The van der Waals surface area contributed by atoms with E-state index in [1.165, 1.54) is 0 Å². The van der Waals surface area contributed by atoms with Gasteiger partial charge in [0, 0.05) is 56.3 Å². The molecule has 4 heterocycles. The van der Waals surface area contributed by atoms with E-state index in [1.54, 1.807) is 12.4 Å². The van der Waals surface area contributed by atoms with E-state index in [1.807, 2.05) is 35.1 Å². The fourth-order valence-corrected chi connectivity index (χ4v) is 3.85. The molecule has 0 radical (unpaired) electrons. The van der Waals surface area contributed by atoms with Gasteiger partial charge >= 0.3 is 6.03 Å². The predicted molar refractivity (Wildman–Crippen MR) is 101 cm³/mol. The molecule has 2 amide bonds. The molecule has 4 rings (SSSR count). The number of piperidine rings is 1. The summed E-state index contributed by atoms with van der Waals surface area (Å²) in [5, 5.41) is 0. The summed E-state index contributed by atoms with van der Waals surface area (Å²) >= 11 is 0. The third-order valence-electron chi connectivity index (χ3n) is 5.36. The highest BCUT2D eigenvalue weighted by Crippen LogP contribution is 2.33. The molecular formula is C20H25N5O2. The lowest BCUT2D eigenvalue weighted by Crippen LogP contribution is -2.50. The highest BCUT2D eigenvalue weighted by atomic mass is 16.5. The number of morpholine rings is 1. The van der Waals surface area contributed by atoms with Gasteiger partial charge in [-0.25, -0.2) is 14.8 Å². The Morgan fingerprint density at radius 2 is 1.74 bits per heavy atom. The molecule has 2 aliphatic heterocycles. The van der Waals surface area contributed by atoms with E-state index >= 15 is 0 Å². The minimum absolute atomic E-state index is 0.143. The Hall–Kier alpha value is -2.54. The van der Waals surface area contributed by atoms with Crippen molar-refractivity contribution in [3.8, 4) is 11.1 Å². The minimum atomic E-state index is 0.143. The van der Waals surface area contributed by atoms with Crippen LogP contribution in [0.15, 0.2) is 30.7 Å². The number of hydrogen-bond acceptors (Lipinski definition) is 5. The minimum Gasteiger partial charge on any atom is -0.378 e. The van der Waals surface area contributed by atoms with Crippen LogP contribution in [0.25, 0.3) is 11.1 Å². The first kappa shape index (κ1) is 17.9. The molecule has 0 saturated carbocycles. The van der Waals surface area contributed by atoms with E-state index in [0.717, 1.165) is 48.6 Å². The number of carbonyl (C=O) groups excluding carboxylic acids is 1. The number of likely N-dealkylation sites (tertiary alicyclic amines) is 1. The number of pyridine rings is 1. The topological polar surface area (TPSA) is 71.5 Å². The number of carbonyl (C=O) groups is 1. The summed E-state index contributed by atoms with van der Waals surface area (Å²) in [4.78, 5) is 29.9. The van der Waals surface area contributed by atoms with Crippen molar-refractivity contribution in [2.24, 2.45) is 0 Å². The van der Waals surface area contributed by atoms with Crippen LogP contribution in [0.5, 0.6) is 0 Å². The normalized spacial score (nSPS) is 18.6. The van der Waals surface area contributed by atoms with Crippen molar-refractivity contribution in [3.63, 3.8) is 0 Å². The maximum Gasteiger partial charge on any atom is 0.320 e. The Labute approximate surface area is 159 Å². The van der Waals surface area contributed by atoms with Gasteiger partial charge in [0.1, 0.15) is 5.82 Å². The van der Waals surface area contributed by atoms with Gasteiger partial charge in [0.2, 0.25) is 0 Å². The fraction of sp³-hybridized carbons (Fsp3) is 0.500. The zero-order valence-corrected chi connectivity index (χ0v) is 15.7. The Bertz CT molecular complexity index is 784. The van der Waals surface area contributed by atoms with Gasteiger partial charge in [-0.2, -0.15) is 0 Å². The molecule has 0 N–H and O–H groups in total. The Balaban J connectivity index is 1.48. The van der Waals surface area contributed by atoms with Gasteiger partial charge in [-0.3, -0.25) is 4.98 Å². The zero-order chi connectivity index (χ0) is 18.6. The monoisotopic (exact) mass is 367 g/mol. The number of ether oxygens (including phenoxy) is 1. The lowest BCUT2D eigenvalue weighted by Gasteiger charge is -2.37. The van der Waals surface area contributed by atoms with E-state index in [2.05, 4.69) is 9.97 Å². The molecule has 0 atom stereocenters. The van der Waals surface area contributed by atoms with Crippen LogP contribution in [-0.2, 0) is 4.74 Å². The number of amides is 2. The molecule has 0 aromatic carbocycles. The maximum atomic E-state index is 12.7. The first-order valence-corrected chi connectivity index (χ1v) is 9.58. The number of nitrogens with zero attached hydrogens (tertiary/aromatic N) is 5. The summed E-state index contributed by atoms with van der Waals surface area (Å²) in [6.07, 6.45) is 7.35. The second-order valence-electron chi connectivity index (χ2n) is 7.10. The third-order valence-corrected chi connectivity index (χ3v) is 5.36. The first-order valence-electron chi connectivity index (χ1n) is 9.58. The van der Waals surface area contributed by atoms with Gasteiger partial charge in [0.15, 0.2) is 0 Å². The summed E-state index contributed by atoms with van der Waals surface area (Å²) < 4.78 is 5.35. The number of aryl methyl sites for hydroxylation is 1. The Morgan fingerprint density at radius 1 is 1.07 bits per heavy atom. The average molecular weight is 367 g/mol. The van der Waals surface area contributed by atoms with E-state index < -0.39 is 0 Å². The van der Waals surface area contributed by atoms with Crippen molar-refractivity contribution in [2.45, 2.75) is 25.7 Å². The molecule has 0 unspecified atom stereocenters. The third kappa shape index (κ3) is 3.93. The average Bonchev–Trinajstić information content (AvgIpc) is 2.74. The predicted octanol–water partition coefficient (Wildman–Crippen LogP) is 2.48. The molecule has 0 spiro atoms. The van der Waals surface area contributed by atoms with Crippen molar-refractivity contribution in [1.29, 1.82) is 0 Å². The van der Waals surface area contributed by atoms with E-state index in [9.17, 15) is 4.79 Å². The molecule has 0 bridgehead atoms. The number of rotatable bonds is 2. The van der Waals surface area contributed by atoms with Crippen molar-refractivity contribution in [3.05, 3.63) is 42.2 Å². The molecule has 0 aliphatic carbocycles. The van der Waals surface area contributed by atoms with Gasteiger partial charge in [-0.1, -0.05) is 0 Å². The second kappa shape index (κ2) is 8.00. The highest BCUT2D eigenvalue weighted by Gasteiger charge is 2.29. The van der Waals surface area contributed by atoms with Crippen LogP contribution < -0.4 is 0 Å². The van der Waals surface area contributed by atoms with E-state index in [-0.39, 0.29) is 6.03 Å². The smallest absolute Gasteiger partial charge is 0.320 e.